The summed E-state index contributed by atoms with van der Waals surface area (Å²) in [6, 6.07) is 3.95. The van der Waals surface area contributed by atoms with Crippen molar-refractivity contribution in [1.82, 2.24) is 5.32 Å². The van der Waals surface area contributed by atoms with Crippen molar-refractivity contribution in [2.24, 2.45) is 5.92 Å². The Bertz CT molecular complexity index is 631. The number of benzene rings is 1. The van der Waals surface area contributed by atoms with Gasteiger partial charge in [0.15, 0.2) is 0 Å². The highest BCUT2D eigenvalue weighted by molar-refractivity contribution is 5.83. The Morgan fingerprint density at radius 2 is 1.88 bits per heavy atom. The van der Waals surface area contributed by atoms with E-state index >= 15 is 0 Å². The normalized spacial score (nSPS) is 12.4. The van der Waals surface area contributed by atoms with Crippen LogP contribution in [0.25, 0.3) is 0 Å². The van der Waals surface area contributed by atoms with E-state index in [2.05, 4.69) is 5.32 Å². The molecule has 1 rings (SSSR count). The second-order valence-electron chi connectivity index (χ2n) is 7.39. The summed E-state index contributed by atoms with van der Waals surface area (Å²) in [5.41, 5.74) is 0.513. The summed E-state index contributed by atoms with van der Waals surface area (Å²) in [7, 11) is 0. The lowest BCUT2D eigenvalue weighted by Gasteiger charge is -2.23. The van der Waals surface area contributed by atoms with Crippen molar-refractivity contribution in [2.45, 2.75) is 59.6 Å². The first-order chi connectivity index (χ1) is 11.5. The van der Waals surface area contributed by atoms with Gasteiger partial charge in [-0.3, -0.25) is 4.79 Å². The van der Waals surface area contributed by atoms with E-state index < -0.39 is 23.7 Å². The van der Waals surface area contributed by atoms with Crippen LogP contribution < -0.4 is 10.1 Å². The van der Waals surface area contributed by atoms with Gasteiger partial charge in [-0.15, -0.1) is 0 Å². The molecule has 1 unspecified atom stereocenters. The Balaban J connectivity index is 2.86. The summed E-state index contributed by atoms with van der Waals surface area (Å²) in [6.45, 7) is 10.9. The fourth-order valence-corrected chi connectivity index (χ4v) is 2.18. The van der Waals surface area contributed by atoms with Crippen LogP contribution in [-0.4, -0.2) is 30.0 Å². The predicted molar refractivity (Wildman–Crippen MR) is 94.8 cm³/mol. The molecule has 0 radical (unpaired) electrons. The van der Waals surface area contributed by atoms with Gasteiger partial charge >= 0.3 is 12.1 Å². The number of nitrogens with one attached hydrogen (secondary N) is 1. The highest BCUT2D eigenvalue weighted by Crippen LogP contribution is 2.20. The second kappa shape index (κ2) is 8.65. The first-order valence-corrected chi connectivity index (χ1v) is 8.29. The quantitative estimate of drug-likeness (QED) is 0.481. The third-order valence-corrected chi connectivity index (χ3v) is 3.23. The molecule has 6 nitrogen and oxygen atoms in total. The number of carbonyl (C=O) groups is 3. The molecule has 1 amide bonds. The number of amides is 1. The van der Waals surface area contributed by atoms with E-state index in [4.69, 9.17) is 9.47 Å². The largest absolute Gasteiger partial charge is 0.444 e. The highest BCUT2D eigenvalue weighted by atomic mass is 16.6. The van der Waals surface area contributed by atoms with Crippen molar-refractivity contribution in [3.63, 3.8) is 0 Å². The summed E-state index contributed by atoms with van der Waals surface area (Å²) in [5.74, 6) is -0.0390. The number of hydrogen-bond acceptors (Lipinski definition) is 5. The number of aryl methyl sites for hydroxylation is 1. The van der Waals surface area contributed by atoms with Crippen molar-refractivity contribution in [3.05, 3.63) is 29.3 Å². The average Bonchev–Trinajstić information content (AvgIpc) is 2.46. The number of ether oxygens (including phenoxy) is 2. The minimum Gasteiger partial charge on any atom is -0.444 e. The highest BCUT2D eigenvalue weighted by Gasteiger charge is 2.27. The minimum absolute atomic E-state index is 0.172. The maximum absolute atomic E-state index is 12.5. The Morgan fingerprint density at radius 1 is 1.24 bits per heavy atom. The van der Waals surface area contributed by atoms with Crippen LogP contribution in [0.3, 0.4) is 0 Å². The zero-order valence-electron chi connectivity index (χ0n) is 15.7. The second-order valence-corrected chi connectivity index (χ2v) is 7.39. The number of esters is 1. The molecule has 25 heavy (non-hydrogen) atoms. The van der Waals surface area contributed by atoms with Crippen LogP contribution in [0.1, 0.15) is 57.0 Å². The molecule has 1 aromatic rings. The van der Waals surface area contributed by atoms with Gasteiger partial charge in [0.1, 0.15) is 23.7 Å². The SMILES string of the molecule is Cc1cc(C=O)ccc1OC(=O)C(CC(C)C)NC(=O)OC(C)(C)C. The number of carbonyl (C=O) groups excluding carboxylic acids is 3. The number of alkyl carbamates (subject to hydrolysis) is 1. The standard InChI is InChI=1S/C19H27NO5/c1-12(2)9-15(20-18(23)25-19(4,5)6)17(22)24-16-8-7-14(11-21)10-13(16)3/h7-8,10-12,15H,9H2,1-6H3,(H,20,23). The Labute approximate surface area is 148 Å². The van der Waals surface area contributed by atoms with Crippen molar-refractivity contribution < 1.29 is 23.9 Å². The van der Waals surface area contributed by atoms with Crippen molar-refractivity contribution in [3.8, 4) is 5.75 Å². The van der Waals surface area contributed by atoms with E-state index in [0.29, 0.717) is 23.3 Å². The lowest BCUT2D eigenvalue weighted by atomic mass is 10.0. The van der Waals surface area contributed by atoms with Gasteiger partial charge in [0, 0.05) is 5.56 Å². The minimum atomic E-state index is -0.819. The molecule has 0 aliphatic rings. The van der Waals surface area contributed by atoms with Crippen LogP contribution in [0.15, 0.2) is 18.2 Å². The Hall–Kier alpha value is -2.37. The first-order valence-electron chi connectivity index (χ1n) is 8.29. The van der Waals surface area contributed by atoms with Crippen LogP contribution in [0.4, 0.5) is 4.79 Å². The monoisotopic (exact) mass is 349 g/mol. The molecular formula is C19H27NO5. The molecular weight excluding hydrogens is 322 g/mol. The fraction of sp³-hybridized carbons (Fsp3) is 0.526. The summed E-state index contributed by atoms with van der Waals surface area (Å²) in [6.07, 6.45) is 0.483. The molecule has 6 heteroatoms. The lowest BCUT2D eigenvalue weighted by molar-refractivity contribution is -0.137. The molecule has 0 saturated carbocycles. The van der Waals surface area contributed by atoms with E-state index in [1.807, 2.05) is 13.8 Å². The molecule has 0 aromatic heterocycles. The van der Waals surface area contributed by atoms with Crippen LogP contribution in [-0.2, 0) is 9.53 Å². The lowest BCUT2D eigenvalue weighted by Crippen LogP contribution is -2.45. The third kappa shape index (κ3) is 7.37. The van der Waals surface area contributed by atoms with Gasteiger partial charge in [0.2, 0.25) is 0 Å². The molecule has 138 valence electrons. The van der Waals surface area contributed by atoms with E-state index in [9.17, 15) is 14.4 Å². The summed E-state index contributed by atoms with van der Waals surface area (Å²) in [4.78, 5) is 35.3. The van der Waals surface area contributed by atoms with Crippen LogP contribution >= 0.6 is 0 Å². The predicted octanol–water partition coefficient (Wildman–Crippen LogP) is 3.65. The molecule has 1 aromatic carbocycles. The maximum atomic E-state index is 12.5. The van der Waals surface area contributed by atoms with E-state index in [0.717, 1.165) is 6.29 Å². The van der Waals surface area contributed by atoms with Gasteiger partial charge in [-0.25, -0.2) is 9.59 Å². The van der Waals surface area contributed by atoms with E-state index in [1.54, 1.807) is 45.9 Å². The molecule has 0 saturated heterocycles. The third-order valence-electron chi connectivity index (χ3n) is 3.23. The van der Waals surface area contributed by atoms with Crippen LogP contribution in [0, 0.1) is 12.8 Å². The van der Waals surface area contributed by atoms with Crippen LogP contribution in [0.5, 0.6) is 5.75 Å². The number of rotatable bonds is 6. The van der Waals surface area contributed by atoms with Gasteiger partial charge < -0.3 is 14.8 Å². The molecule has 0 spiro atoms. The zero-order valence-corrected chi connectivity index (χ0v) is 15.7. The summed E-state index contributed by atoms with van der Waals surface area (Å²) < 4.78 is 10.6. The summed E-state index contributed by atoms with van der Waals surface area (Å²) in [5, 5.41) is 2.58. The molecule has 0 fully saturated rings. The van der Waals surface area contributed by atoms with Gasteiger partial charge in [-0.2, -0.15) is 0 Å². The summed E-state index contributed by atoms with van der Waals surface area (Å²) >= 11 is 0. The average molecular weight is 349 g/mol. The van der Waals surface area contributed by atoms with Crippen molar-refractivity contribution in [2.75, 3.05) is 0 Å². The van der Waals surface area contributed by atoms with Gasteiger partial charge in [-0.05, 0) is 63.8 Å². The van der Waals surface area contributed by atoms with E-state index in [-0.39, 0.29) is 5.92 Å². The van der Waals surface area contributed by atoms with Gasteiger partial charge in [-0.1, -0.05) is 13.8 Å². The van der Waals surface area contributed by atoms with Crippen molar-refractivity contribution >= 4 is 18.3 Å². The molecule has 0 aliphatic heterocycles. The Morgan fingerprint density at radius 3 is 2.36 bits per heavy atom. The fourth-order valence-electron chi connectivity index (χ4n) is 2.18. The Kier molecular flexibility index (Phi) is 7.15. The maximum Gasteiger partial charge on any atom is 0.408 e. The number of aldehydes is 1. The molecule has 0 heterocycles. The van der Waals surface area contributed by atoms with Gasteiger partial charge in [0.05, 0.1) is 0 Å². The number of hydrogen-bond donors (Lipinski definition) is 1. The zero-order chi connectivity index (χ0) is 19.2. The van der Waals surface area contributed by atoms with Gasteiger partial charge in [0.25, 0.3) is 0 Å². The molecule has 0 aliphatic carbocycles. The first kappa shape index (κ1) is 20.7. The molecule has 1 N–H and O–H groups in total. The molecule has 1 atom stereocenters. The van der Waals surface area contributed by atoms with Crippen molar-refractivity contribution in [1.29, 1.82) is 0 Å². The van der Waals surface area contributed by atoms with Crippen LogP contribution in [0.2, 0.25) is 0 Å². The smallest absolute Gasteiger partial charge is 0.408 e. The molecule has 0 bridgehead atoms. The van der Waals surface area contributed by atoms with E-state index in [1.165, 1.54) is 0 Å². The topological polar surface area (TPSA) is 81.7 Å².